The van der Waals surface area contributed by atoms with Crippen LogP contribution in [0.2, 0.25) is 0 Å². The second-order valence-electron chi connectivity index (χ2n) is 7.15. The number of nitrogens with zero attached hydrogens (tertiary/aromatic N) is 1. The van der Waals surface area contributed by atoms with Gasteiger partial charge in [-0.15, -0.1) is 0 Å². The van der Waals surface area contributed by atoms with Crippen molar-refractivity contribution < 1.29 is 14.3 Å². The highest BCUT2D eigenvalue weighted by Gasteiger charge is 2.42. The van der Waals surface area contributed by atoms with Gasteiger partial charge in [-0.25, -0.2) is 0 Å². The number of carbonyl (C=O) groups excluding carboxylic acids is 2. The molecule has 0 bridgehead atoms. The summed E-state index contributed by atoms with van der Waals surface area (Å²) in [6.07, 6.45) is 5.40. The summed E-state index contributed by atoms with van der Waals surface area (Å²) in [6.45, 7) is 4.39. The van der Waals surface area contributed by atoms with Gasteiger partial charge >= 0.3 is 5.97 Å². The zero-order valence-electron chi connectivity index (χ0n) is 13.7. The lowest BCUT2D eigenvalue weighted by Gasteiger charge is -2.40. The Hall–Kier alpha value is -1.62. The molecule has 5 nitrogen and oxygen atoms in total. The number of aromatic nitrogens is 1. The molecule has 1 fully saturated rings. The van der Waals surface area contributed by atoms with Crippen LogP contribution in [0.1, 0.15) is 47.1 Å². The average molecular weight is 316 g/mol. The summed E-state index contributed by atoms with van der Waals surface area (Å²) in [5, 5.41) is 0. The molecule has 0 radical (unpaired) electrons. The Morgan fingerprint density at radius 3 is 3.04 bits per heavy atom. The number of Topliss-reactive ketones (excluding diaryl/α,β-unsaturated/α-hetero) is 1. The van der Waals surface area contributed by atoms with Gasteiger partial charge in [0.1, 0.15) is 6.61 Å². The quantitative estimate of drug-likeness (QED) is 0.863. The highest BCUT2D eigenvalue weighted by Crippen LogP contribution is 2.40. The molecule has 0 spiro atoms. The number of hydrogen-bond donors (Lipinski definition) is 1. The summed E-state index contributed by atoms with van der Waals surface area (Å²) < 4.78 is 5.04. The first kappa shape index (κ1) is 14.9. The molecule has 1 saturated heterocycles. The van der Waals surface area contributed by atoms with Crippen molar-refractivity contribution in [1.29, 1.82) is 0 Å². The van der Waals surface area contributed by atoms with Gasteiger partial charge in [0.25, 0.3) is 0 Å². The summed E-state index contributed by atoms with van der Waals surface area (Å²) in [5.41, 5.74) is 4.85. The van der Waals surface area contributed by atoms with Gasteiger partial charge in [-0.2, -0.15) is 0 Å². The molecular formula is C18H24N2O3. The number of esters is 1. The maximum absolute atomic E-state index is 13.1. The van der Waals surface area contributed by atoms with E-state index in [1.165, 1.54) is 30.3 Å². The van der Waals surface area contributed by atoms with Crippen LogP contribution in [0.4, 0.5) is 0 Å². The third-order valence-electron chi connectivity index (χ3n) is 5.73. The van der Waals surface area contributed by atoms with Crippen LogP contribution >= 0.6 is 0 Å². The molecule has 1 aliphatic heterocycles. The van der Waals surface area contributed by atoms with E-state index >= 15 is 0 Å². The van der Waals surface area contributed by atoms with Crippen molar-refractivity contribution in [3.8, 4) is 0 Å². The van der Waals surface area contributed by atoms with Crippen molar-refractivity contribution >= 4 is 11.8 Å². The fourth-order valence-electron chi connectivity index (χ4n) is 4.61. The van der Waals surface area contributed by atoms with Crippen LogP contribution in [0.5, 0.6) is 0 Å². The van der Waals surface area contributed by atoms with Gasteiger partial charge in [0, 0.05) is 42.9 Å². The number of ether oxygens (including phenoxy) is 1. The van der Waals surface area contributed by atoms with Crippen LogP contribution in [0.15, 0.2) is 0 Å². The molecular weight excluding hydrogens is 292 g/mol. The van der Waals surface area contributed by atoms with Crippen LogP contribution in [0.25, 0.3) is 0 Å². The van der Waals surface area contributed by atoms with E-state index in [0.717, 1.165) is 50.9 Å². The number of aromatic amines is 1. The molecule has 5 heteroatoms. The van der Waals surface area contributed by atoms with Gasteiger partial charge in [-0.3, -0.25) is 14.5 Å². The highest BCUT2D eigenvalue weighted by atomic mass is 16.5. The van der Waals surface area contributed by atoms with Gasteiger partial charge < -0.3 is 9.72 Å². The van der Waals surface area contributed by atoms with E-state index in [9.17, 15) is 9.59 Å². The van der Waals surface area contributed by atoms with Crippen LogP contribution in [0, 0.1) is 11.8 Å². The van der Waals surface area contributed by atoms with Crippen molar-refractivity contribution in [3.05, 3.63) is 22.5 Å². The molecule has 0 unspecified atom stereocenters. The maximum atomic E-state index is 13.1. The topological polar surface area (TPSA) is 62.4 Å². The van der Waals surface area contributed by atoms with Crippen molar-refractivity contribution in [3.63, 3.8) is 0 Å². The van der Waals surface area contributed by atoms with Gasteiger partial charge in [-0.05, 0) is 50.1 Å². The number of fused-ring (bicyclic) bond motifs is 4. The molecule has 2 atom stereocenters. The van der Waals surface area contributed by atoms with Gasteiger partial charge in [0.05, 0.1) is 0 Å². The van der Waals surface area contributed by atoms with Crippen LogP contribution in [-0.4, -0.2) is 47.9 Å². The minimum Gasteiger partial charge on any atom is -0.465 e. The summed E-state index contributed by atoms with van der Waals surface area (Å²) in [6, 6.07) is 0. The third-order valence-corrected chi connectivity index (χ3v) is 5.73. The fourth-order valence-corrected chi connectivity index (χ4v) is 4.61. The standard InChI is InChI=1S/C18H24N2O3/c1-11(21)23-8-7-20-6-5-12-9-16-17(18(22)14(12)10-20)13-3-2-4-15(13)19-16/h12,14,19H,2-10H2,1H3/t12-,14+/m0/s1. The minimum atomic E-state index is -0.235. The fraction of sp³-hybridized carbons (Fsp3) is 0.667. The van der Waals surface area contributed by atoms with Gasteiger partial charge in [-0.1, -0.05) is 0 Å². The Morgan fingerprint density at radius 2 is 2.22 bits per heavy atom. The molecule has 0 aromatic carbocycles. The van der Waals surface area contributed by atoms with E-state index in [1.807, 2.05) is 0 Å². The van der Waals surface area contributed by atoms with Crippen LogP contribution in [-0.2, 0) is 28.8 Å². The molecule has 23 heavy (non-hydrogen) atoms. The number of aryl methyl sites for hydroxylation is 1. The van der Waals surface area contributed by atoms with Crippen molar-refractivity contribution in [2.45, 2.75) is 39.0 Å². The predicted octanol–water partition coefficient (Wildman–Crippen LogP) is 1.74. The zero-order valence-corrected chi connectivity index (χ0v) is 13.7. The van der Waals surface area contributed by atoms with E-state index in [0.29, 0.717) is 18.3 Å². The molecule has 2 aliphatic carbocycles. The molecule has 1 aromatic heterocycles. The molecule has 0 saturated carbocycles. The molecule has 2 heterocycles. The summed E-state index contributed by atoms with van der Waals surface area (Å²) in [7, 11) is 0. The highest BCUT2D eigenvalue weighted by molar-refractivity contribution is 6.02. The second-order valence-corrected chi connectivity index (χ2v) is 7.15. The first-order valence-electron chi connectivity index (χ1n) is 8.76. The SMILES string of the molecule is CC(=O)OCCN1CC[C@H]2Cc3[nH]c4c(c3C(=O)[C@@H]2C1)CCC4. The number of nitrogens with one attached hydrogen (secondary N) is 1. The second kappa shape index (κ2) is 5.78. The van der Waals surface area contributed by atoms with Crippen LogP contribution < -0.4 is 0 Å². The molecule has 3 aliphatic rings. The van der Waals surface area contributed by atoms with E-state index in [2.05, 4.69) is 9.88 Å². The molecule has 1 N–H and O–H groups in total. The van der Waals surface area contributed by atoms with E-state index < -0.39 is 0 Å². The first-order chi connectivity index (χ1) is 11.1. The molecule has 124 valence electrons. The average Bonchev–Trinajstić information content (AvgIpc) is 3.08. The lowest BCUT2D eigenvalue weighted by atomic mass is 9.72. The molecule has 1 aromatic rings. The monoisotopic (exact) mass is 316 g/mol. The Morgan fingerprint density at radius 1 is 1.35 bits per heavy atom. The Kier molecular flexibility index (Phi) is 3.76. The normalized spacial score (nSPS) is 26.6. The number of piperidine rings is 1. The minimum absolute atomic E-state index is 0.120. The molecule has 4 rings (SSSR count). The van der Waals surface area contributed by atoms with Crippen molar-refractivity contribution in [2.75, 3.05) is 26.2 Å². The Bertz CT molecular complexity index is 649. The van der Waals surface area contributed by atoms with Crippen LogP contribution in [0.3, 0.4) is 0 Å². The summed E-state index contributed by atoms with van der Waals surface area (Å²) >= 11 is 0. The Labute approximate surface area is 136 Å². The summed E-state index contributed by atoms with van der Waals surface area (Å²) in [5.74, 6) is 0.710. The van der Waals surface area contributed by atoms with E-state index in [-0.39, 0.29) is 11.9 Å². The largest absolute Gasteiger partial charge is 0.465 e. The lowest BCUT2D eigenvalue weighted by molar-refractivity contribution is -0.141. The molecule has 0 amide bonds. The Balaban J connectivity index is 1.48. The third kappa shape index (κ3) is 2.61. The number of likely N-dealkylation sites (tertiary alicyclic amines) is 1. The van der Waals surface area contributed by atoms with E-state index in [1.54, 1.807) is 0 Å². The number of H-pyrrole nitrogens is 1. The summed E-state index contributed by atoms with van der Waals surface area (Å²) in [4.78, 5) is 29.8. The lowest BCUT2D eigenvalue weighted by Crippen LogP contribution is -2.47. The maximum Gasteiger partial charge on any atom is 0.302 e. The number of hydrogen-bond acceptors (Lipinski definition) is 4. The zero-order chi connectivity index (χ0) is 16.0. The van der Waals surface area contributed by atoms with Crippen molar-refractivity contribution in [2.24, 2.45) is 11.8 Å². The number of rotatable bonds is 3. The number of ketones is 1. The van der Waals surface area contributed by atoms with Gasteiger partial charge in [0.15, 0.2) is 5.78 Å². The predicted molar refractivity (Wildman–Crippen MR) is 85.5 cm³/mol. The number of carbonyl (C=O) groups is 2. The van der Waals surface area contributed by atoms with E-state index in [4.69, 9.17) is 4.74 Å². The van der Waals surface area contributed by atoms with Gasteiger partial charge in [0.2, 0.25) is 0 Å². The smallest absolute Gasteiger partial charge is 0.302 e. The van der Waals surface area contributed by atoms with Crippen molar-refractivity contribution in [1.82, 2.24) is 9.88 Å². The first-order valence-corrected chi connectivity index (χ1v) is 8.76.